The van der Waals surface area contributed by atoms with Crippen molar-refractivity contribution in [2.24, 2.45) is 5.73 Å². The summed E-state index contributed by atoms with van der Waals surface area (Å²) in [5.41, 5.74) is 10.1. The molecule has 0 unspecified atom stereocenters. The molecule has 1 saturated heterocycles. The highest BCUT2D eigenvalue weighted by molar-refractivity contribution is 6.30. The average molecular weight is 342 g/mol. The van der Waals surface area contributed by atoms with Crippen molar-refractivity contribution in [1.82, 2.24) is 9.97 Å². The van der Waals surface area contributed by atoms with Gasteiger partial charge >= 0.3 is 0 Å². The molecule has 0 bridgehead atoms. The summed E-state index contributed by atoms with van der Waals surface area (Å²) in [6, 6.07) is 14.4. The van der Waals surface area contributed by atoms with E-state index in [1.54, 1.807) is 0 Å². The first-order chi connectivity index (χ1) is 11.7. The molecule has 1 aromatic heterocycles. The number of hydrogen-bond acceptors (Lipinski definition) is 4. The fourth-order valence-electron chi connectivity index (χ4n) is 3.24. The molecule has 0 spiro atoms. The molecule has 24 heavy (non-hydrogen) atoms. The minimum atomic E-state index is 0.433. The number of H-pyrrole nitrogens is 1. The second-order valence-electron chi connectivity index (χ2n) is 6.04. The van der Waals surface area contributed by atoms with Gasteiger partial charge in [-0.1, -0.05) is 17.7 Å². The number of fused-ring (bicyclic) bond motifs is 1. The summed E-state index contributed by atoms with van der Waals surface area (Å²) < 4.78 is 0. The molecule has 0 radical (unpaired) electrons. The number of piperazine rings is 1. The van der Waals surface area contributed by atoms with E-state index < -0.39 is 0 Å². The molecule has 0 saturated carbocycles. The molecule has 1 fully saturated rings. The standard InChI is InChI=1S/C18H20ClN5/c19-13-2-1-3-14(10-13)23-6-8-24(9-7-23)15-4-5-16-17(11-15)22-18(12-20)21-16/h1-5,10-11H,6-9,12,20H2,(H,21,22). The fraction of sp³-hybridized carbons (Fsp3) is 0.278. The number of nitrogens with two attached hydrogens (primary N) is 1. The molecule has 3 N–H and O–H groups in total. The Hall–Kier alpha value is -2.24. The molecular weight excluding hydrogens is 322 g/mol. The Kier molecular flexibility index (Phi) is 4.04. The lowest BCUT2D eigenvalue weighted by atomic mass is 10.2. The lowest BCUT2D eigenvalue weighted by Gasteiger charge is -2.37. The van der Waals surface area contributed by atoms with Crippen LogP contribution in [0.2, 0.25) is 5.02 Å². The van der Waals surface area contributed by atoms with E-state index in [2.05, 4.69) is 44.0 Å². The maximum absolute atomic E-state index is 6.10. The Bertz CT molecular complexity index is 851. The Balaban J connectivity index is 1.49. The van der Waals surface area contributed by atoms with Crippen LogP contribution in [0, 0.1) is 0 Å². The highest BCUT2D eigenvalue weighted by Crippen LogP contribution is 2.25. The lowest BCUT2D eigenvalue weighted by Crippen LogP contribution is -2.46. The fourth-order valence-corrected chi connectivity index (χ4v) is 3.42. The van der Waals surface area contributed by atoms with Crippen molar-refractivity contribution in [2.75, 3.05) is 36.0 Å². The Morgan fingerprint density at radius 2 is 1.71 bits per heavy atom. The summed E-state index contributed by atoms with van der Waals surface area (Å²) in [5, 5.41) is 0.787. The van der Waals surface area contributed by atoms with Gasteiger partial charge in [-0.05, 0) is 36.4 Å². The summed E-state index contributed by atoms with van der Waals surface area (Å²) in [4.78, 5) is 12.5. The number of nitrogens with one attached hydrogen (secondary N) is 1. The van der Waals surface area contributed by atoms with Gasteiger partial charge in [-0.15, -0.1) is 0 Å². The predicted molar refractivity (Wildman–Crippen MR) is 99.9 cm³/mol. The number of anilines is 2. The van der Waals surface area contributed by atoms with Crippen molar-refractivity contribution in [3.63, 3.8) is 0 Å². The van der Waals surface area contributed by atoms with Crippen molar-refractivity contribution in [1.29, 1.82) is 0 Å². The molecular formula is C18H20ClN5. The normalized spacial score (nSPS) is 15.2. The van der Waals surface area contributed by atoms with E-state index >= 15 is 0 Å². The average Bonchev–Trinajstić information content (AvgIpc) is 3.04. The van der Waals surface area contributed by atoms with Crippen molar-refractivity contribution >= 4 is 34.0 Å². The van der Waals surface area contributed by atoms with Gasteiger partial charge in [0.25, 0.3) is 0 Å². The first kappa shape index (κ1) is 15.3. The van der Waals surface area contributed by atoms with E-state index in [9.17, 15) is 0 Å². The molecule has 1 aliphatic heterocycles. The molecule has 1 aliphatic rings. The SMILES string of the molecule is NCc1nc2ccc(N3CCN(c4cccc(Cl)c4)CC3)cc2[nH]1. The molecule has 3 aromatic rings. The van der Waals surface area contributed by atoms with Crippen LogP contribution >= 0.6 is 11.6 Å². The second kappa shape index (κ2) is 6.34. The van der Waals surface area contributed by atoms with Crippen molar-refractivity contribution in [2.45, 2.75) is 6.54 Å². The van der Waals surface area contributed by atoms with Crippen LogP contribution in [0.4, 0.5) is 11.4 Å². The van der Waals surface area contributed by atoms with E-state index in [1.165, 1.54) is 11.4 Å². The third kappa shape index (κ3) is 2.92. The smallest absolute Gasteiger partial charge is 0.121 e. The molecule has 0 amide bonds. The van der Waals surface area contributed by atoms with Gasteiger partial charge in [0.1, 0.15) is 5.82 Å². The second-order valence-corrected chi connectivity index (χ2v) is 6.48. The maximum atomic E-state index is 6.10. The van der Waals surface area contributed by atoms with E-state index in [1.807, 2.05) is 18.2 Å². The minimum absolute atomic E-state index is 0.433. The van der Waals surface area contributed by atoms with Crippen LogP contribution < -0.4 is 15.5 Å². The monoisotopic (exact) mass is 341 g/mol. The first-order valence-corrected chi connectivity index (χ1v) is 8.55. The van der Waals surface area contributed by atoms with Crippen molar-refractivity contribution in [3.8, 4) is 0 Å². The third-order valence-corrected chi connectivity index (χ3v) is 4.76. The van der Waals surface area contributed by atoms with Crippen LogP contribution in [-0.2, 0) is 6.54 Å². The number of rotatable bonds is 3. The number of imidazole rings is 1. The Morgan fingerprint density at radius 1 is 1.00 bits per heavy atom. The number of aromatic nitrogens is 2. The van der Waals surface area contributed by atoms with Gasteiger partial charge in [0.05, 0.1) is 17.6 Å². The summed E-state index contributed by atoms with van der Waals surface area (Å²) in [6.45, 7) is 4.36. The number of aromatic amines is 1. The van der Waals surface area contributed by atoms with Gasteiger partial charge in [0.2, 0.25) is 0 Å². The van der Waals surface area contributed by atoms with Crippen molar-refractivity contribution in [3.05, 3.63) is 53.3 Å². The lowest BCUT2D eigenvalue weighted by molar-refractivity contribution is 0.654. The van der Waals surface area contributed by atoms with Crippen LogP contribution in [0.5, 0.6) is 0 Å². The molecule has 0 atom stereocenters. The largest absolute Gasteiger partial charge is 0.368 e. The van der Waals surface area contributed by atoms with Crippen molar-refractivity contribution < 1.29 is 0 Å². The molecule has 0 aliphatic carbocycles. The third-order valence-electron chi connectivity index (χ3n) is 4.53. The van der Waals surface area contributed by atoms with Gasteiger partial charge < -0.3 is 20.5 Å². The molecule has 2 aromatic carbocycles. The molecule has 5 nitrogen and oxygen atoms in total. The Morgan fingerprint density at radius 3 is 2.38 bits per heavy atom. The number of nitrogens with zero attached hydrogens (tertiary/aromatic N) is 3. The summed E-state index contributed by atoms with van der Waals surface area (Å²) in [7, 11) is 0. The molecule has 2 heterocycles. The zero-order valence-corrected chi connectivity index (χ0v) is 14.1. The van der Waals surface area contributed by atoms with Crippen LogP contribution in [0.25, 0.3) is 11.0 Å². The van der Waals surface area contributed by atoms with Crippen LogP contribution in [0.3, 0.4) is 0 Å². The highest BCUT2D eigenvalue weighted by atomic mass is 35.5. The van der Waals surface area contributed by atoms with Gasteiger partial charge in [-0.2, -0.15) is 0 Å². The molecule has 4 rings (SSSR count). The molecule has 124 valence electrons. The van der Waals surface area contributed by atoms with Gasteiger partial charge in [-0.3, -0.25) is 0 Å². The summed E-state index contributed by atoms with van der Waals surface area (Å²) in [6.07, 6.45) is 0. The van der Waals surface area contributed by atoms with Crippen LogP contribution in [0.1, 0.15) is 5.82 Å². The van der Waals surface area contributed by atoms with Gasteiger partial charge in [-0.25, -0.2) is 4.98 Å². The zero-order chi connectivity index (χ0) is 16.5. The van der Waals surface area contributed by atoms with Gasteiger partial charge in [0, 0.05) is 42.6 Å². The minimum Gasteiger partial charge on any atom is -0.368 e. The van der Waals surface area contributed by atoms with Gasteiger partial charge in [0.15, 0.2) is 0 Å². The maximum Gasteiger partial charge on any atom is 0.121 e. The number of benzene rings is 2. The number of halogens is 1. The Labute approximate surface area is 146 Å². The van der Waals surface area contributed by atoms with Crippen LogP contribution in [0.15, 0.2) is 42.5 Å². The zero-order valence-electron chi connectivity index (χ0n) is 13.4. The first-order valence-electron chi connectivity index (χ1n) is 8.17. The summed E-state index contributed by atoms with van der Waals surface area (Å²) >= 11 is 6.10. The quantitative estimate of drug-likeness (QED) is 0.768. The predicted octanol–water partition coefficient (Wildman–Crippen LogP) is 3.00. The van der Waals surface area contributed by atoms with E-state index in [0.29, 0.717) is 6.54 Å². The van der Waals surface area contributed by atoms with Crippen LogP contribution in [-0.4, -0.2) is 36.1 Å². The van der Waals surface area contributed by atoms with E-state index in [0.717, 1.165) is 48.1 Å². The topological polar surface area (TPSA) is 61.2 Å². The molecule has 6 heteroatoms. The number of hydrogen-bond donors (Lipinski definition) is 2. The van der Waals surface area contributed by atoms with E-state index in [-0.39, 0.29) is 0 Å². The summed E-state index contributed by atoms with van der Waals surface area (Å²) in [5.74, 6) is 0.827. The van der Waals surface area contributed by atoms with E-state index in [4.69, 9.17) is 17.3 Å². The highest BCUT2D eigenvalue weighted by Gasteiger charge is 2.18.